The van der Waals surface area contributed by atoms with E-state index in [2.05, 4.69) is 10.2 Å². The van der Waals surface area contributed by atoms with Gasteiger partial charge in [0.05, 0.1) is 10.7 Å². The molecule has 2 rings (SSSR count). The van der Waals surface area contributed by atoms with Crippen molar-refractivity contribution >= 4 is 23.2 Å². The first-order valence-electron chi connectivity index (χ1n) is 5.81. The number of halogens is 3. The summed E-state index contributed by atoms with van der Waals surface area (Å²) in [5.74, 6) is -0.788. The molecule has 1 N–H and O–H groups in total. The number of aliphatic hydroxyl groups is 1. The minimum Gasteiger partial charge on any atom is -0.364 e. The fourth-order valence-corrected chi connectivity index (χ4v) is 2.12. The highest BCUT2D eigenvalue weighted by atomic mass is 35.5. The number of carbonyl (C=O) groups is 1. The van der Waals surface area contributed by atoms with Gasteiger partial charge in [0, 0.05) is 18.3 Å². The van der Waals surface area contributed by atoms with Crippen molar-refractivity contribution in [3.8, 4) is 0 Å². The summed E-state index contributed by atoms with van der Waals surface area (Å²) in [5, 5.41) is 18.3. The summed E-state index contributed by atoms with van der Waals surface area (Å²) in [7, 11) is 0. The van der Waals surface area contributed by atoms with Crippen LogP contribution in [0, 0.1) is 6.92 Å². The van der Waals surface area contributed by atoms with E-state index in [-0.39, 0.29) is 18.7 Å². The SMILES string of the molecule is CC1=NN(C(=O)Cn2cc(Cl)c(C)n2)[C@@](O)(C(F)F)C1. The first-order chi connectivity index (χ1) is 9.24. The number of aromatic nitrogens is 2. The number of nitrogens with zero attached hydrogens (tertiary/aromatic N) is 4. The monoisotopic (exact) mass is 306 g/mol. The van der Waals surface area contributed by atoms with Crippen molar-refractivity contribution in [2.75, 3.05) is 0 Å². The molecule has 0 aromatic carbocycles. The van der Waals surface area contributed by atoms with Gasteiger partial charge in [0.25, 0.3) is 12.3 Å². The van der Waals surface area contributed by atoms with Gasteiger partial charge in [0.2, 0.25) is 5.72 Å². The molecular weight excluding hydrogens is 294 g/mol. The molecule has 110 valence electrons. The topological polar surface area (TPSA) is 70.7 Å². The predicted octanol–water partition coefficient (Wildman–Crippen LogP) is 1.41. The molecule has 0 bridgehead atoms. The number of aryl methyl sites for hydroxylation is 1. The molecule has 1 atom stereocenters. The first-order valence-corrected chi connectivity index (χ1v) is 6.19. The smallest absolute Gasteiger partial charge is 0.287 e. The van der Waals surface area contributed by atoms with Crippen molar-refractivity contribution < 1.29 is 18.7 Å². The third kappa shape index (κ3) is 2.53. The van der Waals surface area contributed by atoms with E-state index in [9.17, 15) is 18.7 Å². The Hall–Kier alpha value is -1.54. The number of carbonyl (C=O) groups excluding carboxylic acids is 1. The molecule has 2 heterocycles. The quantitative estimate of drug-likeness (QED) is 0.918. The van der Waals surface area contributed by atoms with Gasteiger partial charge in [0.1, 0.15) is 6.54 Å². The Kier molecular flexibility index (Phi) is 3.79. The van der Waals surface area contributed by atoms with E-state index in [1.54, 1.807) is 6.92 Å². The Morgan fingerprint density at radius 3 is 2.75 bits per heavy atom. The number of hydrogen-bond donors (Lipinski definition) is 1. The van der Waals surface area contributed by atoms with Crippen LogP contribution in [0.4, 0.5) is 8.78 Å². The highest BCUT2D eigenvalue weighted by Crippen LogP contribution is 2.31. The minimum absolute atomic E-state index is 0.260. The Morgan fingerprint density at radius 1 is 1.60 bits per heavy atom. The molecule has 0 unspecified atom stereocenters. The third-order valence-corrected chi connectivity index (χ3v) is 3.29. The van der Waals surface area contributed by atoms with Gasteiger partial charge in [0.15, 0.2) is 0 Å². The Bertz CT molecular complexity index is 555. The second-order valence-corrected chi connectivity index (χ2v) is 5.06. The maximum atomic E-state index is 13.0. The summed E-state index contributed by atoms with van der Waals surface area (Å²) in [6.07, 6.45) is -2.09. The summed E-state index contributed by atoms with van der Waals surface area (Å²) in [6.45, 7) is 2.78. The van der Waals surface area contributed by atoms with Gasteiger partial charge in [-0.2, -0.15) is 15.2 Å². The normalized spacial score (nSPS) is 22.6. The third-order valence-electron chi connectivity index (χ3n) is 2.92. The summed E-state index contributed by atoms with van der Waals surface area (Å²) in [5.41, 5.74) is -1.81. The van der Waals surface area contributed by atoms with Gasteiger partial charge in [-0.3, -0.25) is 9.48 Å². The second kappa shape index (κ2) is 5.10. The van der Waals surface area contributed by atoms with Crippen LogP contribution in [0.1, 0.15) is 19.0 Å². The lowest BCUT2D eigenvalue weighted by Gasteiger charge is -2.29. The molecule has 6 nitrogen and oxygen atoms in total. The largest absolute Gasteiger partial charge is 0.364 e. The molecule has 1 aromatic heterocycles. The van der Waals surface area contributed by atoms with Crippen LogP contribution in [0.15, 0.2) is 11.3 Å². The van der Waals surface area contributed by atoms with Gasteiger partial charge in [-0.05, 0) is 13.8 Å². The second-order valence-electron chi connectivity index (χ2n) is 4.66. The van der Waals surface area contributed by atoms with Crippen molar-refractivity contribution in [1.82, 2.24) is 14.8 Å². The van der Waals surface area contributed by atoms with E-state index in [1.807, 2.05) is 0 Å². The van der Waals surface area contributed by atoms with Crippen LogP contribution in [0.3, 0.4) is 0 Å². The molecule has 0 aliphatic carbocycles. The Balaban J connectivity index is 2.19. The Morgan fingerprint density at radius 2 is 2.25 bits per heavy atom. The van der Waals surface area contributed by atoms with Crippen molar-refractivity contribution in [2.24, 2.45) is 5.10 Å². The fourth-order valence-electron chi connectivity index (χ4n) is 1.97. The van der Waals surface area contributed by atoms with Crippen LogP contribution in [-0.4, -0.2) is 43.7 Å². The molecule has 0 saturated carbocycles. The molecular formula is C11H13ClF2N4O2. The van der Waals surface area contributed by atoms with Crippen molar-refractivity contribution in [1.29, 1.82) is 0 Å². The molecule has 0 spiro atoms. The van der Waals surface area contributed by atoms with E-state index in [0.717, 1.165) is 0 Å². The summed E-state index contributed by atoms with van der Waals surface area (Å²) < 4.78 is 27.1. The molecule has 0 saturated heterocycles. The lowest BCUT2D eigenvalue weighted by Crippen LogP contribution is -2.52. The lowest BCUT2D eigenvalue weighted by atomic mass is 10.1. The first kappa shape index (κ1) is 14.9. The van der Waals surface area contributed by atoms with Crippen LogP contribution in [0.25, 0.3) is 0 Å². The molecule has 1 aliphatic heterocycles. The zero-order chi connectivity index (χ0) is 15.1. The van der Waals surface area contributed by atoms with Crippen LogP contribution in [-0.2, 0) is 11.3 Å². The summed E-state index contributed by atoms with van der Waals surface area (Å²) in [6, 6.07) is 0. The van der Waals surface area contributed by atoms with E-state index >= 15 is 0 Å². The van der Waals surface area contributed by atoms with Crippen LogP contribution in [0.2, 0.25) is 5.02 Å². The van der Waals surface area contributed by atoms with Crippen LogP contribution >= 0.6 is 11.6 Å². The lowest BCUT2D eigenvalue weighted by molar-refractivity contribution is -0.192. The molecule has 20 heavy (non-hydrogen) atoms. The van der Waals surface area contributed by atoms with E-state index < -0.39 is 18.1 Å². The van der Waals surface area contributed by atoms with E-state index in [0.29, 0.717) is 15.7 Å². The highest BCUT2D eigenvalue weighted by Gasteiger charge is 2.50. The van der Waals surface area contributed by atoms with Crippen molar-refractivity contribution in [3.63, 3.8) is 0 Å². The van der Waals surface area contributed by atoms with E-state index in [4.69, 9.17) is 11.6 Å². The molecule has 1 aliphatic rings. The molecule has 0 fully saturated rings. The maximum Gasteiger partial charge on any atom is 0.287 e. The summed E-state index contributed by atoms with van der Waals surface area (Å²) >= 11 is 5.80. The molecule has 1 amide bonds. The zero-order valence-corrected chi connectivity index (χ0v) is 11.6. The van der Waals surface area contributed by atoms with Crippen molar-refractivity contribution in [3.05, 3.63) is 16.9 Å². The van der Waals surface area contributed by atoms with Gasteiger partial charge < -0.3 is 5.11 Å². The fraction of sp³-hybridized carbons (Fsp3) is 0.545. The standard InChI is InChI=1S/C11H13ClF2N4O2/c1-6-3-11(20,10(13)14)18(15-6)9(19)5-17-4-8(12)7(2)16-17/h4,10,20H,3,5H2,1-2H3/t11-/m0/s1. The van der Waals surface area contributed by atoms with Crippen molar-refractivity contribution in [2.45, 2.75) is 39.0 Å². The number of hydrazone groups is 1. The predicted molar refractivity (Wildman–Crippen MR) is 67.5 cm³/mol. The molecule has 9 heteroatoms. The number of rotatable bonds is 3. The maximum absolute atomic E-state index is 13.0. The van der Waals surface area contributed by atoms with Gasteiger partial charge in [-0.1, -0.05) is 11.6 Å². The van der Waals surface area contributed by atoms with Gasteiger partial charge >= 0.3 is 0 Å². The van der Waals surface area contributed by atoms with Crippen LogP contribution in [0.5, 0.6) is 0 Å². The van der Waals surface area contributed by atoms with Gasteiger partial charge in [-0.15, -0.1) is 0 Å². The zero-order valence-electron chi connectivity index (χ0n) is 10.8. The molecule has 1 aromatic rings. The van der Waals surface area contributed by atoms with E-state index in [1.165, 1.54) is 17.8 Å². The average molecular weight is 307 g/mol. The number of hydrogen-bond acceptors (Lipinski definition) is 4. The number of amides is 1. The van der Waals surface area contributed by atoms with Gasteiger partial charge in [-0.25, -0.2) is 8.78 Å². The summed E-state index contributed by atoms with van der Waals surface area (Å²) in [4.78, 5) is 12.0. The average Bonchev–Trinajstić information content (AvgIpc) is 2.80. The van der Waals surface area contributed by atoms with Crippen LogP contribution < -0.4 is 0 Å². The molecule has 0 radical (unpaired) electrons. The highest BCUT2D eigenvalue weighted by molar-refractivity contribution is 6.31. The number of alkyl halides is 2. The minimum atomic E-state index is -3.12. The Labute approximate surface area is 118 Å².